The van der Waals surface area contributed by atoms with E-state index in [2.05, 4.69) is 54.4 Å². The third-order valence-electron chi connectivity index (χ3n) is 4.36. The average molecular weight is 308 g/mol. The van der Waals surface area contributed by atoms with Gasteiger partial charge in [-0.3, -0.25) is 9.11 Å². The van der Waals surface area contributed by atoms with Crippen LogP contribution in [-0.2, 0) is 10.8 Å². The van der Waals surface area contributed by atoms with Gasteiger partial charge in [0.25, 0.3) is 0 Å². The smallest absolute Gasteiger partial charge is 0.0473 e. The van der Waals surface area contributed by atoms with Crippen LogP contribution in [0.1, 0.15) is 32.4 Å². The molecule has 1 fully saturated rings. The van der Waals surface area contributed by atoms with Crippen molar-refractivity contribution in [3.05, 3.63) is 35.9 Å². The number of rotatable bonds is 6. The monoisotopic (exact) mass is 308 g/mol. The van der Waals surface area contributed by atoms with Crippen LogP contribution in [0.5, 0.6) is 0 Å². The van der Waals surface area contributed by atoms with E-state index in [0.29, 0.717) is 18.0 Å². The largest absolute Gasteiger partial charge is 0.311 e. The fraction of sp³-hybridized carbons (Fsp3) is 0.647. The van der Waals surface area contributed by atoms with Crippen LogP contribution in [-0.4, -0.2) is 46.3 Å². The van der Waals surface area contributed by atoms with E-state index < -0.39 is 10.8 Å². The molecule has 0 radical (unpaired) electrons. The molecule has 1 saturated heterocycles. The summed E-state index contributed by atoms with van der Waals surface area (Å²) in [5.41, 5.74) is 1.36. The molecule has 3 atom stereocenters. The van der Waals surface area contributed by atoms with Crippen LogP contribution in [0.4, 0.5) is 0 Å². The summed E-state index contributed by atoms with van der Waals surface area (Å²) in [5.74, 6) is 2.17. The first-order valence-electron chi connectivity index (χ1n) is 7.99. The van der Waals surface area contributed by atoms with Crippen LogP contribution in [0.3, 0.4) is 0 Å². The Kier molecular flexibility index (Phi) is 6.40. The maximum absolute atomic E-state index is 11.8. The lowest BCUT2D eigenvalue weighted by Crippen LogP contribution is -2.54. The van der Waals surface area contributed by atoms with E-state index in [1.807, 2.05) is 6.92 Å². The van der Waals surface area contributed by atoms with Gasteiger partial charge in [0.1, 0.15) is 0 Å². The van der Waals surface area contributed by atoms with Gasteiger partial charge in [-0.1, -0.05) is 51.1 Å². The second-order valence-corrected chi connectivity index (χ2v) is 7.98. The minimum atomic E-state index is -0.684. The first-order valence-corrected chi connectivity index (χ1v) is 9.48. The molecule has 0 aromatic heterocycles. The van der Waals surface area contributed by atoms with E-state index in [-0.39, 0.29) is 0 Å². The molecule has 1 heterocycles. The second-order valence-electron chi connectivity index (χ2n) is 6.11. The van der Waals surface area contributed by atoms with Gasteiger partial charge in [-0.25, -0.2) is 0 Å². The maximum atomic E-state index is 11.8. The minimum Gasteiger partial charge on any atom is -0.311 e. The Morgan fingerprint density at radius 2 is 2.05 bits per heavy atom. The van der Waals surface area contributed by atoms with Gasteiger partial charge < -0.3 is 5.32 Å². The summed E-state index contributed by atoms with van der Waals surface area (Å²) in [7, 11) is -0.684. The number of piperazine rings is 1. The van der Waals surface area contributed by atoms with E-state index in [4.69, 9.17) is 0 Å². The average Bonchev–Trinajstić information content (AvgIpc) is 2.53. The van der Waals surface area contributed by atoms with Gasteiger partial charge in [0.15, 0.2) is 0 Å². The fourth-order valence-electron chi connectivity index (χ4n) is 2.90. The van der Waals surface area contributed by atoms with Crippen LogP contribution in [0.2, 0.25) is 0 Å². The summed E-state index contributed by atoms with van der Waals surface area (Å²) >= 11 is 0. The molecular weight excluding hydrogens is 280 g/mol. The molecule has 21 heavy (non-hydrogen) atoms. The predicted octanol–water partition coefficient (Wildman–Crippen LogP) is 2.43. The van der Waals surface area contributed by atoms with Crippen molar-refractivity contribution in [1.82, 2.24) is 10.2 Å². The Bertz CT molecular complexity index is 449. The lowest BCUT2D eigenvalue weighted by Gasteiger charge is -2.42. The van der Waals surface area contributed by atoms with Gasteiger partial charge >= 0.3 is 0 Å². The topological polar surface area (TPSA) is 32.3 Å². The summed E-state index contributed by atoms with van der Waals surface area (Å²) in [4.78, 5) is 2.52. The molecule has 0 saturated carbocycles. The number of hydrogen-bond donors (Lipinski definition) is 1. The molecule has 4 heteroatoms. The number of nitrogens with one attached hydrogen (secondary N) is 1. The lowest BCUT2D eigenvalue weighted by molar-refractivity contribution is 0.120. The van der Waals surface area contributed by atoms with E-state index in [0.717, 1.165) is 31.1 Å². The highest BCUT2D eigenvalue weighted by Gasteiger charge is 2.30. The summed E-state index contributed by atoms with van der Waals surface area (Å²) in [6, 6.07) is 11.6. The minimum absolute atomic E-state index is 0.398. The molecule has 1 N–H and O–H groups in total. The molecule has 118 valence electrons. The van der Waals surface area contributed by atoms with Crippen molar-refractivity contribution >= 4 is 10.8 Å². The molecule has 0 aliphatic carbocycles. The van der Waals surface area contributed by atoms with Crippen LogP contribution >= 0.6 is 0 Å². The molecular formula is C17H28N2OS. The zero-order chi connectivity index (χ0) is 15.2. The standard InChI is InChI=1S/C17H28N2OS/c1-4-21(20)11-10-19-13-16(14(2)3)18-12-17(19)15-8-6-5-7-9-15/h5-9,14,16-18H,4,10-13H2,1-3H3. The maximum Gasteiger partial charge on any atom is 0.0473 e. The van der Waals surface area contributed by atoms with Crippen molar-refractivity contribution in [2.75, 3.05) is 31.1 Å². The molecule has 2 rings (SSSR count). The summed E-state index contributed by atoms with van der Waals surface area (Å²) in [5, 5.41) is 3.68. The van der Waals surface area contributed by atoms with Gasteiger partial charge in [-0.2, -0.15) is 0 Å². The van der Waals surface area contributed by atoms with Gasteiger partial charge in [0.05, 0.1) is 0 Å². The predicted molar refractivity (Wildman–Crippen MR) is 90.9 cm³/mol. The molecule has 0 spiro atoms. The Labute approximate surface area is 131 Å². The molecule has 1 aliphatic heterocycles. The van der Waals surface area contributed by atoms with E-state index in [9.17, 15) is 4.21 Å². The zero-order valence-electron chi connectivity index (χ0n) is 13.4. The van der Waals surface area contributed by atoms with Crippen molar-refractivity contribution in [2.45, 2.75) is 32.9 Å². The molecule has 1 aromatic carbocycles. The number of hydrogen-bond acceptors (Lipinski definition) is 3. The first kappa shape index (κ1) is 16.7. The van der Waals surface area contributed by atoms with Crippen LogP contribution in [0.25, 0.3) is 0 Å². The quantitative estimate of drug-likeness (QED) is 0.876. The normalized spacial score (nSPS) is 25.1. The highest BCUT2D eigenvalue weighted by molar-refractivity contribution is 7.84. The molecule has 3 nitrogen and oxygen atoms in total. The first-order chi connectivity index (χ1) is 10.1. The number of nitrogens with zero attached hydrogens (tertiary/aromatic N) is 1. The highest BCUT2D eigenvalue weighted by atomic mass is 32.2. The molecule has 0 bridgehead atoms. The highest BCUT2D eigenvalue weighted by Crippen LogP contribution is 2.25. The number of benzene rings is 1. The Morgan fingerprint density at radius 3 is 2.67 bits per heavy atom. The summed E-state index contributed by atoms with van der Waals surface area (Å²) < 4.78 is 11.8. The van der Waals surface area contributed by atoms with Crippen molar-refractivity contribution in [2.24, 2.45) is 5.92 Å². The van der Waals surface area contributed by atoms with Crippen molar-refractivity contribution in [3.8, 4) is 0 Å². The Morgan fingerprint density at radius 1 is 1.33 bits per heavy atom. The zero-order valence-corrected chi connectivity index (χ0v) is 14.2. The SMILES string of the molecule is CCS(=O)CCN1CC(C(C)C)NCC1c1ccccc1. The molecule has 1 aromatic rings. The van der Waals surface area contributed by atoms with Crippen molar-refractivity contribution in [1.29, 1.82) is 0 Å². The third-order valence-corrected chi connectivity index (χ3v) is 5.64. The van der Waals surface area contributed by atoms with Crippen LogP contribution in [0, 0.1) is 5.92 Å². The van der Waals surface area contributed by atoms with E-state index in [1.165, 1.54) is 5.56 Å². The van der Waals surface area contributed by atoms with Gasteiger partial charge in [0.2, 0.25) is 0 Å². The van der Waals surface area contributed by atoms with Gasteiger partial charge in [-0.05, 0) is 11.5 Å². The van der Waals surface area contributed by atoms with Crippen molar-refractivity contribution < 1.29 is 4.21 Å². The van der Waals surface area contributed by atoms with Crippen molar-refractivity contribution in [3.63, 3.8) is 0 Å². The van der Waals surface area contributed by atoms with Crippen LogP contribution < -0.4 is 5.32 Å². The lowest BCUT2D eigenvalue weighted by atomic mass is 9.96. The summed E-state index contributed by atoms with van der Waals surface area (Å²) in [6.07, 6.45) is 0. The fourth-order valence-corrected chi connectivity index (χ4v) is 3.62. The summed E-state index contributed by atoms with van der Waals surface area (Å²) in [6.45, 7) is 9.47. The third kappa shape index (κ3) is 4.63. The Hall–Kier alpha value is -0.710. The van der Waals surface area contributed by atoms with E-state index in [1.54, 1.807) is 0 Å². The second kappa shape index (κ2) is 8.06. The van der Waals surface area contributed by atoms with E-state index >= 15 is 0 Å². The van der Waals surface area contributed by atoms with Crippen LogP contribution in [0.15, 0.2) is 30.3 Å². The molecule has 3 unspecified atom stereocenters. The van der Waals surface area contributed by atoms with Gasteiger partial charge in [-0.15, -0.1) is 0 Å². The molecule has 1 aliphatic rings. The Balaban J connectivity index is 2.08. The molecule has 0 amide bonds. The van der Waals surface area contributed by atoms with Gasteiger partial charge in [0, 0.05) is 54.0 Å².